The van der Waals surface area contributed by atoms with E-state index in [0.29, 0.717) is 13.2 Å². The van der Waals surface area contributed by atoms with Gasteiger partial charge in [-0.1, -0.05) is 91.0 Å². The van der Waals surface area contributed by atoms with E-state index in [1.165, 1.54) is 13.8 Å². The normalized spacial score (nSPS) is 26.6. The predicted octanol–water partition coefficient (Wildman–Crippen LogP) is 4.91. The van der Waals surface area contributed by atoms with E-state index in [9.17, 15) is 9.59 Å². The molecule has 0 saturated carbocycles. The van der Waals surface area contributed by atoms with Gasteiger partial charge in [-0.15, -0.1) is 0 Å². The first-order valence-electron chi connectivity index (χ1n) is 16.3. The van der Waals surface area contributed by atoms with Crippen molar-refractivity contribution in [3.63, 3.8) is 0 Å². The summed E-state index contributed by atoms with van der Waals surface area (Å²) in [4.78, 5) is 23.2. The number of benzene rings is 3. The number of hydrogen-bond donors (Lipinski definition) is 0. The van der Waals surface area contributed by atoms with E-state index >= 15 is 0 Å². The lowest BCUT2D eigenvalue weighted by molar-refractivity contribution is -0.327. The summed E-state index contributed by atoms with van der Waals surface area (Å²) in [6, 6.07) is 29.5. The van der Waals surface area contributed by atoms with E-state index in [0.717, 1.165) is 16.7 Å². The van der Waals surface area contributed by atoms with Crippen LogP contribution in [0.4, 0.5) is 0 Å². The summed E-state index contributed by atoms with van der Waals surface area (Å²) in [6.45, 7) is 3.38. The number of methoxy groups -OCH3 is 1. The topological polar surface area (TPSA) is 117 Å². The van der Waals surface area contributed by atoms with E-state index in [4.69, 9.17) is 42.6 Å². The van der Waals surface area contributed by atoms with Gasteiger partial charge in [0.1, 0.15) is 43.2 Å². The average Bonchev–Trinajstić information content (AvgIpc) is 3.12. The third kappa shape index (κ3) is 11.0. The molecule has 3 aromatic carbocycles. The minimum Gasteiger partial charge on any atom is -0.463 e. The Labute approximate surface area is 286 Å². The van der Waals surface area contributed by atoms with Crippen molar-refractivity contribution >= 4 is 11.9 Å². The number of carbonyl (C=O) groups is 2. The standard InChI is InChI=1S/C38H44O11/c1-26(39)42-24-32-31(47-27(2)40)19-20-34(48-32)43-25-33-35(44-21-28-13-7-4-8-14-28)36(45-22-29-15-9-5-10-16-29)37(38(41-3)49-33)46-23-30-17-11-6-12-18-30/h4-20,31-38H,21-25H2,1-3H3/t31?,32?,33?,34?,35-,36?,37?,38+/m1/s1. The molecule has 0 radical (unpaired) electrons. The van der Waals surface area contributed by atoms with E-state index in [1.807, 2.05) is 91.0 Å². The SMILES string of the molecule is CO[C@H]1OC(COC2C=CC(OC(C)=O)C(COC(C)=O)O2)[C@@H](OCc2ccccc2)C(OCc2ccccc2)C1OCc1ccccc1. The highest BCUT2D eigenvalue weighted by Gasteiger charge is 2.49. The van der Waals surface area contributed by atoms with Crippen molar-refractivity contribution in [3.05, 3.63) is 120 Å². The molecule has 262 valence electrons. The molecule has 2 aliphatic heterocycles. The third-order valence-corrected chi connectivity index (χ3v) is 7.99. The third-order valence-electron chi connectivity index (χ3n) is 7.99. The first-order chi connectivity index (χ1) is 23.9. The molecule has 0 bridgehead atoms. The van der Waals surface area contributed by atoms with Crippen LogP contribution in [0.5, 0.6) is 0 Å². The maximum absolute atomic E-state index is 11.7. The zero-order chi connectivity index (χ0) is 34.4. The molecule has 6 unspecified atom stereocenters. The van der Waals surface area contributed by atoms with E-state index in [1.54, 1.807) is 19.3 Å². The van der Waals surface area contributed by atoms with Crippen molar-refractivity contribution < 1.29 is 52.2 Å². The molecule has 8 atom stereocenters. The molecular formula is C38H44O11. The summed E-state index contributed by atoms with van der Waals surface area (Å²) >= 11 is 0. The molecule has 2 aliphatic rings. The van der Waals surface area contributed by atoms with Gasteiger partial charge in [0, 0.05) is 21.0 Å². The predicted molar refractivity (Wildman–Crippen MR) is 177 cm³/mol. The van der Waals surface area contributed by atoms with Crippen LogP contribution in [0.2, 0.25) is 0 Å². The van der Waals surface area contributed by atoms with Crippen LogP contribution in [0, 0.1) is 0 Å². The number of carbonyl (C=O) groups excluding carboxylic acids is 2. The van der Waals surface area contributed by atoms with Crippen molar-refractivity contribution in [3.8, 4) is 0 Å². The van der Waals surface area contributed by atoms with Crippen LogP contribution in [-0.4, -0.2) is 81.5 Å². The Kier molecular flexibility index (Phi) is 13.9. The molecule has 1 saturated heterocycles. The quantitative estimate of drug-likeness (QED) is 0.152. The van der Waals surface area contributed by atoms with Crippen LogP contribution in [0.1, 0.15) is 30.5 Å². The number of esters is 2. The summed E-state index contributed by atoms with van der Waals surface area (Å²) < 4.78 is 54.9. The Morgan fingerprint density at radius 1 is 0.592 bits per heavy atom. The van der Waals surface area contributed by atoms with Crippen molar-refractivity contribution in [2.24, 2.45) is 0 Å². The highest BCUT2D eigenvalue weighted by Crippen LogP contribution is 2.32. The van der Waals surface area contributed by atoms with Crippen molar-refractivity contribution in [2.45, 2.75) is 82.9 Å². The number of rotatable bonds is 16. The van der Waals surface area contributed by atoms with Crippen LogP contribution >= 0.6 is 0 Å². The first kappa shape index (κ1) is 36.3. The lowest BCUT2D eigenvalue weighted by atomic mass is 9.97. The zero-order valence-electron chi connectivity index (χ0n) is 28.0. The molecule has 0 amide bonds. The van der Waals surface area contributed by atoms with Gasteiger partial charge in [-0.3, -0.25) is 9.59 Å². The van der Waals surface area contributed by atoms with Gasteiger partial charge in [0.05, 0.1) is 26.4 Å². The Hall–Kier alpha value is -3.94. The minimum atomic E-state index is -0.859. The highest BCUT2D eigenvalue weighted by molar-refractivity contribution is 5.66. The number of hydrogen-bond acceptors (Lipinski definition) is 11. The van der Waals surface area contributed by atoms with Gasteiger partial charge in [0.25, 0.3) is 0 Å². The fourth-order valence-corrected chi connectivity index (χ4v) is 5.61. The zero-order valence-corrected chi connectivity index (χ0v) is 28.0. The maximum Gasteiger partial charge on any atom is 0.303 e. The summed E-state index contributed by atoms with van der Waals surface area (Å²) in [6.07, 6.45) is -2.52. The van der Waals surface area contributed by atoms with Crippen LogP contribution in [0.3, 0.4) is 0 Å². The molecule has 11 nitrogen and oxygen atoms in total. The highest BCUT2D eigenvalue weighted by atomic mass is 16.7. The van der Waals surface area contributed by atoms with Crippen LogP contribution in [0.25, 0.3) is 0 Å². The van der Waals surface area contributed by atoms with Crippen LogP contribution < -0.4 is 0 Å². The van der Waals surface area contributed by atoms with Gasteiger partial charge in [0.2, 0.25) is 0 Å². The molecule has 3 aromatic rings. The largest absolute Gasteiger partial charge is 0.463 e. The molecule has 49 heavy (non-hydrogen) atoms. The summed E-state index contributed by atoms with van der Waals surface area (Å²) in [5.74, 6) is -0.974. The molecule has 2 heterocycles. The number of ether oxygens (including phenoxy) is 9. The maximum atomic E-state index is 11.7. The van der Waals surface area contributed by atoms with Gasteiger partial charge in [-0.25, -0.2) is 0 Å². The Balaban J connectivity index is 1.38. The van der Waals surface area contributed by atoms with Crippen molar-refractivity contribution in [2.75, 3.05) is 20.3 Å². The van der Waals surface area contributed by atoms with E-state index < -0.39 is 61.1 Å². The van der Waals surface area contributed by atoms with Gasteiger partial charge in [0.15, 0.2) is 12.6 Å². The average molecular weight is 677 g/mol. The molecule has 0 aliphatic carbocycles. The van der Waals surface area contributed by atoms with Crippen molar-refractivity contribution in [1.29, 1.82) is 0 Å². The second-order valence-corrected chi connectivity index (χ2v) is 11.7. The Morgan fingerprint density at radius 3 is 1.63 bits per heavy atom. The summed E-state index contributed by atoms with van der Waals surface area (Å²) in [7, 11) is 1.56. The lowest BCUT2D eigenvalue weighted by Crippen LogP contribution is -2.61. The van der Waals surface area contributed by atoms with E-state index in [-0.39, 0.29) is 19.8 Å². The molecule has 1 fully saturated rings. The Bertz CT molecular complexity index is 1450. The second kappa shape index (κ2) is 18.7. The lowest BCUT2D eigenvalue weighted by Gasteiger charge is -2.45. The Morgan fingerprint density at radius 2 is 1.12 bits per heavy atom. The smallest absolute Gasteiger partial charge is 0.303 e. The second-order valence-electron chi connectivity index (χ2n) is 11.7. The summed E-state index contributed by atoms with van der Waals surface area (Å²) in [5, 5.41) is 0. The molecule has 11 heteroatoms. The monoisotopic (exact) mass is 676 g/mol. The van der Waals surface area contributed by atoms with Gasteiger partial charge >= 0.3 is 11.9 Å². The molecule has 0 aromatic heterocycles. The van der Waals surface area contributed by atoms with Gasteiger partial charge in [-0.05, 0) is 28.8 Å². The van der Waals surface area contributed by atoms with Gasteiger partial charge < -0.3 is 42.6 Å². The van der Waals surface area contributed by atoms with Gasteiger partial charge in [-0.2, -0.15) is 0 Å². The molecule has 5 rings (SSSR count). The summed E-state index contributed by atoms with van der Waals surface area (Å²) in [5.41, 5.74) is 2.95. The minimum absolute atomic E-state index is 0.0173. The fourth-order valence-electron chi connectivity index (χ4n) is 5.61. The molecule has 0 spiro atoms. The van der Waals surface area contributed by atoms with Crippen LogP contribution in [-0.2, 0) is 72.0 Å². The van der Waals surface area contributed by atoms with Crippen LogP contribution in [0.15, 0.2) is 103 Å². The molecule has 0 N–H and O–H groups in total. The molecular weight excluding hydrogens is 632 g/mol. The van der Waals surface area contributed by atoms with Crippen molar-refractivity contribution in [1.82, 2.24) is 0 Å². The first-order valence-corrected chi connectivity index (χ1v) is 16.3. The fraction of sp³-hybridized carbons (Fsp3) is 0.421. The van der Waals surface area contributed by atoms with E-state index in [2.05, 4.69) is 0 Å².